The molecule has 1 amide bonds. The zero-order valence-corrected chi connectivity index (χ0v) is 16.2. The van der Waals surface area contributed by atoms with E-state index in [2.05, 4.69) is 25.3 Å². The SMILES string of the molecule is COCCn1cnc(-c2nc(C(=O)NCc3cnc(C)cn3)c3ccccn23)c1. The second-order valence-electron chi connectivity index (χ2n) is 6.56. The lowest BCUT2D eigenvalue weighted by Gasteiger charge is -2.03. The Balaban J connectivity index is 1.60. The Labute approximate surface area is 167 Å². The molecular formula is C20H21N7O2. The van der Waals surface area contributed by atoms with Gasteiger partial charge in [0, 0.05) is 32.2 Å². The molecule has 4 heterocycles. The maximum Gasteiger partial charge on any atom is 0.272 e. The highest BCUT2D eigenvalue weighted by Crippen LogP contribution is 2.21. The lowest BCUT2D eigenvalue weighted by atomic mass is 10.3. The average Bonchev–Trinajstić information content (AvgIpc) is 3.36. The first-order valence-corrected chi connectivity index (χ1v) is 9.19. The van der Waals surface area contributed by atoms with E-state index in [1.165, 1.54) is 0 Å². The lowest BCUT2D eigenvalue weighted by molar-refractivity contribution is 0.0947. The first-order valence-electron chi connectivity index (χ1n) is 9.19. The van der Waals surface area contributed by atoms with Gasteiger partial charge in [-0.05, 0) is 19.1 Å². The van der Waals surface area contributed by atoms with Crippen LogP contribution in [-0.4, -0.2) is 48.5 Å². The van der Waals surface area contributed by atoms with E-state index in [4.69, 9.17) is 4.74 Å². The Morgan fingerprint density at radius 3 is 2.90 bits per heavy atom. The van der Waals surface area contributed by atoms with E-state index in [9.17, 15) is 4.79 Å². The Hall–Kier alpha value is -3.59. The molecule has 0 aliphatic rings. The first kappa shape index (κ1) is 18.8. The molecule has 0 saturated carbocycles. The molecule has 0 aliphatic carbocycles. The second kappa shape index (κ2) is 8.19. The average molecular weight is 391 g/mol. The maximum absolute atomic E-state index is 12.8. The molecule has 0 saturated heterocycles. The van der Waals surface area contributed by atoms with Crippen molar-refractivity contribution < 1.29 is 9.53 Å². The van der Waals surface area contributed by atoms with E-state index < -0.39 is 0 Å². The number of nitrogens with zero attached hydrogens (tertiary/aromatic N) is 6. The highest BCUT2D eigenvalue weighted by atomic mass is 16.5. The van der Waals surface area contributed by atoms with E-state index in [-0.39, 0.29) is 12.5 Å². The van der Waals surface area contributed by atoms with Gasteiger partial charge < -0.3 is 14.6 Å². The lowest BCUT2D eigenvalue weighted by Crippen LogP contribution is -2.24. The second-order valence-corrected chi connectivity index (χ2v) is 6.56. The van der Waals surface area contributed by atoms with E-state index in [1.807, 2.05) is 46.5 Å². The van der Waals surface area contributed by atoms with Crippen LogP contribution in [0, 0.1) is 6.92 Å². The van der Waals surface area contributed by atoms with Crippen LogP contribution in [0.5, 0.6) is 0 Å². The summed E-state index contributed by atoms with van der Waals surface area (Å²) in [6.07, 6.45) is 8.82. The number of hydrogen-bond donors (Lipinski definition) is 1. The Morgan fingerprint density at radius 1 is 1.21 bits per heavy atom. The smallest absolute Gasteiger partial charge is 0.272 e. The van der Waals surface area contributed by atoms with Crippen LogP contribution in [0.1, 0.15) is 21.9 Å². The van der Waals surface area contributed by atoms with Gasteiger partial charge >= 0.3 is 0 Å². The van der Waals surface area contributed by atoms with E-state index in [0.717, 1.165) is 5.69 Å². The summed E-state index contributed by atoms with van der Waals surface area (Å²) in [5, 5.41) is 2.87. The topological polar surface area (TPSA) is 99.2 Å². The van der Waals surface area contributed by atoms with Crippen LogP contribution in [0.25, 0.3) is 17.0 Å². The number of ether oxygens (including phenoxy) is 1. The monoisotopic (exact) mass is 391 g/mol. The van der Waals surface area contributed by atoms with Crippen LogP contribution < -0.4 is 5.32 Å². The van der Waals surface area contributed by atoms with Crippen molar-refractivity contribution in [2.24, 2.45) is 0 Å². The molecule has 0 spiro atoms. The van der Waals surface area contributed by atoms with Crippen LogP contribution in [0.4, 0.5) is 0 Å². The molecule has 1 N–H and O–H groups in total. The van der Waals surface area contributed by atoms with Crippen molar-refractivity contribution in [2.75, 3.05) is 13.7 Å². The number of carbonyl (C=O) groups excluding carboxylic acids is 1. The van der Waals surface area contributed by atoms with Gasteiger partial charge in [0.05, 0.1) is 42.6 Å². The summed E-state index contributed by atoms with van der Waals surface area (Å²) >= 11 is 0. The molecule has 9 heteroatoms. The van der Waals surface area contributed by atoms with Crippen molar-refractivity contribution in [3.8, 4) is 11.5 Å². The van der Waals surface area contributed by atoms with Crippen molar-refractivity contribution in [3.63, 3.8) is 0 Å². The predicted molar refractivity (Wildman–Crippen MR) is 106 cm³/mol. The third-order valence-corrected chi connectivity index (χ3v) is 4.44. The molecule has 0 radical (unpaired) electrons. The molecule has 4 aromatic rings. The Kier molecular flexibility index (Phi) is 5.30. The molecule has 0 aromatic carbocycles. The Morgan fingerprint density at radius 2 is 2.10 bits per heavy atom. The van der Waals surface area contributed by atoms with Crippen LogP contribution in [0.3, 0.4) is 0 Å². The molecule has 0 fully saturated rings. The van der Waals surface area contributed by atoms with Gasteiger partial charge in [0.15, 0.2) is 11.5 Å². The molecule has 29 heavy (non-hydrogen) atoms. The van der Waals surface area contributed by atoms with Gasteiger partial charge in [-0.25, -0.2) is 9.97 Å². The van der Waals surface area contributed by atoms with Crippen molar-refractivity contribution in [1.82, 2.24) is 34.2 Å². The number of nitrogens with one attached hydrogen (secondary N) is 1. The molecule has 9 nitrogen and oxygen atoms in total. The molecule has 0 bridgehead atoms. The third-order valence-electron chi connectivity index (χ3n) is 4.44. The highest BCUT2D eigenvalue weighted by Gasteiger charge is 2.19. The van der Waals surface area contributed by atoms with E-state index in [0.29, 0.717) is 41.6 Å². The number of fused-ring (bicyclic) bond motifs is 1. The summed E-state index contributed by atoms with van der Waals surface area (Å²) in [7, 11) is 1.66. The molecule has 0 aliphatic heterocycles. The zero-order chi connectivity index (χ0) is 20.2. The van der Waals surface area contributed by atoms with Gasteiger partial charge in [0.1, 0.15) is 5.69 Å². The number of pyridine rings is 1. The summed E-state index contributed by atoms with van der Waals surface area (Å²) in [5.41, 5.74) is 3.25. The number of rotatable bonds is 7. The summed E-state index contributed by atoms with van der Waals surface area (Å²) < 4.78 is 8.90. The van der Waals surface area contributed by atoms with Gasteiger partial charge in [-0.3, -0.25) is 19.2 Å². The summed E-state index contributed by atoms with van der Waals surface area (Å²) in [6, 6.07) is 5.63. The maximum atomic E-state index is 12.8. The minimum Gasteiger partial charge on any atom is -0.383 e. The van der Waals surface area contributed by atoms with Gasteiger partial charge in [0.25, 0.3) is 5.91 Å². The van der Waals surface area contributed by atoms with Crippen molar-refractivity contribution in [3.05, 3.63) is 66.4 Å². The standard InChI is InChI=1S/C20H21N7O2/c1-14-9-22-15(10-21-14)11-23-20(28)18-17-5-3-4-6-27(17)19(25-18)16-12-26(13-24-16)7-8-29-2/h3-6,9-10,12-13H,7-8,11H2,1-2H3,(H,23,28). The minimum absolute atomic E-state index is 0.277. The van der Waals surface area contributed by atoms with Gasteiger partial charge in [0.2, 0.25) is 0 Å². The van der Waals surface area contributed by atoms with Crippen LogP contribution in [-0.2, 0) is 17.8 Å². The largest absolute Gasteiger partial charge is 0.383 e. The van der Waals surface area contributed by atoms with Crippen molar-refractivity contribution in [2.45, 2.75) is 20.0 Å². The number of methoxy groups -OCH3 is 1. The van der Waals surface area contributed by atoms with Gasteiger partial charge in [-0.2, -0.15) is 0 Å². The fourth-order valence-corrected chi connectivity index (χ4v) is 2.95. The highest BCUT2D eigenvalue weighted by molar-refractivity contribution is 5.99. The quantitative estimate of drug-likeness (QED) is 0.516. The fraction of sp³-hybridized carbons (Fsp3) is 0.250. The minimum atomic E-state index is -0.277. The third kappa shape index (κ3) is 3.99. The molecule has 0 atom stereocenters. The van der Waals surface area contributed by atoms with Crippen LogP contribution >= 0.6 is 0 Å². The number of imidazole rings is 2. The molecule has 0 unspecified atom stereocenters. The number of carbonyl (C=O) groups is 1. The van der Waals surface area contributed by atoms with Crippen LogP contribution in [0.15, 0.2) is 49.3 Å². The number of amides is 1. The van der Waals surface area contributed by atoms with Crippen molar-refractivity contribution in [1.29, 1.82) is 0 Å². The van der Waals surface area contributed by atoms with E-state index in [1.54, 1.807) is 25.8 Å². The molecule has 4 rings (SSSR count). The normalized spacial score (nSPS) is 11.1. The Bertz CT molecular complexity index is 1130. The zero-order valence-electron chi connectivity index (χ0n) is 16.2. The van der Waals surface area contributed by atoms with Crippen molar-refractivity contribution >= 4 is 11.4 Å². The first-order chi connectivity index (χ1) is 14.2. The van der Waals surface area contributed by atoms with Gasteiger partial charge in [-0.15, -0.1) is 0 Å². The van der Waals surface area contributed by atoms with E-state index >= 15 is 0 Å². The molecular weight excluding hydrogens is 370 g/mol. The molecule has 148 valence electrons. The number of aryl methyl sites for hydroxylation is 1. The van der Waals surface area contributed by atoms with Crippen LogP contribution in [0.2, 0.25) is 0 Å². The summed E-state index contributed by atoms with van der Waals surface area (Å²) in [6.45, 7) is 3.43. The number of hydrogen-bond acceptors (Lipinski definition) is 6. The predicted octanol–water partition coefficient (Wildman–Crippen LogP) is 1.87. The molecule has 4 aromatic heterocycles. The summed E-state index contributed by atoms with van der Waals surface area (Å²) in [5.74, 6) is 0.332. The fourth-order valence-electron chi connectivity index (χ4n) is 2.95. The number of aromatic nitrogens is 6. The van der Waals surface area contributed by atoms with Gasteiger partial charge in [-0.1, -0.05) is 6.07 Å². The summed E-state index contributed by atoms with van der Waals surface area (Å²) in [4.78, 5) is 30.3.